The third-order valence-corrected chi connectivity index (χ3v) is 3.35. The Morgan fingerprint density at radius 3 is 2.76 bits per heavy atom. The normalized spacial score (nSPS) is 10.8. The molecule has 0 aliphatic rings. The van der Waals surface area contributed by atoms with Gasteiger partial charge in [0.15, 0.2) is 0 Å². The molecule has 3 rings (SSSR count). The smallest absolute Gasteiger partial charge is 0.131 e. The van der Waals surface area contributed by atoms with E-state index in [2.05, 4.69) is 58.4 Å². The molecule has 0 atom stereocenters. The molecule has 106 valence electrons. The maximum Gasteiger partial charge on any atom is 0.131 e. The van der Waals surface area contributed by atoms with Gasteiger partial charge in [-0.15, -0.1) is 0 Å². The third-order valence-electron chi connectivity index (χ3n) is 3.35. The van der Waals surface area contributed by atoms with Gasteiger partial charge in [-0.1, -0.05) is 25.1 Å². The summed E-state index contributed by atoms with van der Waals surface area (Å²) in [6.07, 6.45) is 2.63. The Labute approximate surface area is 124 Å². The van der Waals surface area contributed by atoms with Gasteiger partial charge in [-0.2, -0.15) is 0 Å². The van der Waals surface area contributed by atoms with Crippen molar-refractivity contribution in [3.63, 3.8) is 0 Å². The second-order valence-corrected chi connectivity index (χ2v) is 4.85. The number of nitrogens with one attached hydrogen (secondary N) is 1. The predicted octanol–water partition coefficient (Wildman–Crippen LogP) is 3.69. The van der Waals surface area contributed by atoms with Gasteiger partial charge < -0.3 is 5.32 Å². The first-order chi connectivity index (χ1) is 10.3. The Hall–Kier alpha value is -2.49. The number of pyridine rings is 1. The summed E-state index contributed by atoms with van der Waals surface area (Å²) >= 11 is 0. The molecular formula is C17H18N4. The van der Waals surface area contributed by atoms with Crippen LogP contribution in [0.2, 0.25) is 0 Å². The van der Waals surface area contributed by atoms with E-state index in [1.807, 2.05) is 18.3 Å². The predicted molar refractivity (Wildman–Crippen MR) is 86.3 cm³/mol. The van der Waals surface area contributed by atoms with E-state index in [-0.39, 0.29) is 0 Å². The SMILES string of the molecule is CCNc1cc(-c2ccc3cccnc3c2)nc(CC)n1. The monoisotopic (exact) mass is 278 g/mol. The van der Waals surface area contributed by atoms with E-state index in [9.17, 15) is 0 Å². The van der Waals surface area contributed by atoms with Gasteiger partial charge in [0.05, 0.1) is 11.2 Å². The van der Waals surface area contributed by atoms with Crippen molar-refractivity contribution in [1.82, 2.24) is 15.0 Å². The number of fused-ring (bicyclic) bond motifs is 1. The van der Waals surface area contributed by atoms with Gasteiger partial charge in [0.1, 0.15) is 11.6 Å². The van der Waals surface area contributed by atoms with Crippen LogP contribution in [0.25, 0.3) is 22.2 Å². The zero-order valence-corrected chi connectivity index (χ0v) is 12.3. The molecule has 0 aliphatic heterocycles. The average Bonchev–Trinajstić information content (AvgIpc) is 2.54. The molecule has 0 radical (unpaired) electrons. The maximum atomic E-state index is 4.63. The Morgan fingerprint density at radius 2 is 1.95 bits per heavy atom. The molecule has 0 aliphatic carbocycles. The molecule has 1 N–H and O–H groups in total. The van der Waals surface area contributed by atoms with Crippen LogP contribution >= 0.6 is 0 Å². The quantitative estimate of drug-likeness (QED) is 0.791. The Bertz CT molecular complexity index is 768. The van der Waals surface area contributed by atoms with Crippen molar-refractivity contribution in [2.24, 2.45) is 0 Å². The van der Waals surface area contributed by atoms with Gasteiger partial charge in [0.2, 0.25) is 0 Å². The van der Waals surface area contributed by atoms with Crippen molar-refractivity contribution < 1.29 is 0 Å². The van der Waals surface area contributed by atoms with Crippen molar-refractivity contribution in [3.05, 3.63) is 48.4 Å². The van der Waals surface area contributed by atoms with E-state index < -0.39 is 0 Å². The number of nitrogens with zero attached hydrogens (tertiary/aromatic N) is 3. The molecule has 0 bridgehead atoms. The first-order valence-corrected chi connectivity index (χ1v) is 7.27. The van der Waals surface area contributed by atoms with Crippen molar-refractivity contribution in [2.45, 2.75) is 20.3 Å². The van der Waals surface area contributed by atoms with Crippen molar-refractivity contribution in [1.29, 1.82) is 0 Å². The maximum absolute atomic E-state index is 4.63. The second kappa shape index (κ2) is 5.87. The first-order valence-electron chi connectivity index (χ1n) is 7.27. The average molecular weight is 278 g/mol. The first kappa shape index (κ1) is 13.5. The van der Waals surface area contributed by atoms with E-state index in [4.69, 9.17) is 0 Å². The Balaban J connectivity index is 2.10. The molecule has 0 amide bonds. The van der Waals surface area contributed by atoms with E-state index in [1.54, 1.807) is 0 Å². The molecule has 0 saturated heterocycles. The summed E-state index contributed by atoms with van der Waals surface area (Å²) in [5.74, 6) is 1.73. The molecule has 3 aromatic rings. The van der Waals surface area contributed by atoms with Gasteiger partial charge in [0.25, 0.3) is 0 Å². The second-order valence-electron chi connectivity index (χ2n) is 4.85. The lowest BCUT2D eigenvalue weighted by molar-refractivity contribution is 0.939. The molecule has 2 aromatic heterocycles. The summed E-state index contributed by atoms with van der Waals surface area (Å²) in [7, 11) is 0. The molecule has 4 heteroatoms. The minimum absolute atomic E-state index is 0.818. The van der Waals surface area contributed by atoms with Gasteiger partial charge in [-0.05, 0) is 19.1 Å². The molecule has 1 aromatic carbocycles. The lowest BCUT2D eigenvalue weighted by Crippen LogP contribution is -2.04. The molecule has 0 unspecified atom stereocenters. The molecular weight excluding hydrogens is 260 g/mol. The number of anilines is 1. The highest BCUT2D eigenvalue weighted by atomic mass is 15.0. The molecule has 4 nitrogen and oxygen atoms in total. The highest BCUT2D eigenvalue weighted by Crippen LogP contribution is 2.23. The minimum atomic E-state index is 0.818. The fourth-order valence-electron chi connectivity index (χ4n) is 2.30. The van der Waals surface area contributed by atoms with E-state index >= 15 is 0 Å². The Kier molecular flexibility index (Phi) is 3.77. The van der Waals surface area contributed by atoms with Gasteiger partial charge in [-0.25, -0.2) is 9.97 Å². The topological polar surface area (TPSA) is 50.7 Å². The van der Waals surface area contributed by atoms with Crippen LogP contribution in [-0.2, 0) is 6.42 Å². The van der Waals surface area contributed by atoms with Crippen LogP contribution in [0.5, 0.6) is 0 Å². The van der Waals surface area contributed by atoms with Crippen LogP contribution in [-0.4, -0.2) is 21.5 Å². The van der Waals surface area contributed by atoms with Crippen molar-refractivity contribution in [2.75, 3.05) is 11.9 Å². The highest BCUT2D eigenvalue weighted by Gasteiger charge is 2.06. The molecule has 21 heavy (non-hydrogen) atoms. The molecule has 0 saturated carbocycles. The zero-order chi connectivity index (χ0) is 14.7. The van der Waals surface area contributed by atoms with Crippen molar-refractivity contribution in [3.8, 4) is 11.3 Å². The number of rotatable bonds is 4. The van der Waals surface area contributed by atoms with Gasteiger partial charge in [0, 0.05) is 36.2 Å². The number of benzene rings is 1. The van der Waals surface area contributed by atoms with E-state index in [0.717, 1.165) is 46.8 Å². The van der Waals surface area contributed by atoms with Crippen LogP contribution in [0.1, 0.15) is 19.7 Å². The number of hydrogen-bond donors (Lipinski definition) is 1. The van der Waals surface area contributed by atoms with Crippen LogP contribution in [0, 0.1) is 0 Å². The standard InChI is InChI=1S/C17H18N4/c1-3-16-20-15(11-17(21-16)18-4-2)13-8-7-12-6-5-9-19-14(12)10-13/h5-11H,3-4H2,1-2H3,(H,18,20,21). The van der Waals surface area contributed by atoms with Crippen LogP contribution in [0.4, 0.5) is 5.82 Å². The van der Waals surface area contributed by atoms with Crippen LogP contribution < -0.4 is 5.32 Å². The lowest BCUT2D eigenvalue weighted by Gasteiger charge is -2.08. The minimum Gasteiger partial charge on any atom is -0.370 e. The fourth-order valence-corrected chi connectivity index (χ4v) is 2.30. The van der Waals surface area contributed by atoms with Crippen LogP contribution in [0.15, 0.2) is 42.6 Å². The largest absolute Gasteiger partial charge is 0.370 e. The molecule has 2 heterocycles. The van der Waals surface area contributed by atoms with E-state index in [1.165, 1.54) is 0 Å². The molecule has 0 fully saturated rings. The summed E-state index contributed by atoms with van der Waals surface area (Å²) in [5, 5.41) is 4.40. The summed E-state index contributed by atoms with van der Waals surface area (Å²) in [6, 6.07) is 12.2. The van der Waals surface area contributed by atoms with Gasteiger partial charge in [-0.3, -0.25) is 4.98 Å². The van der Waals surface area contributed by atoms with E-state index in [0.29, 0.717) is 0 Å². The number of aromatic nitrogens is 3. The molecule has 0 spiro atoms. The summed E-state index contributed by atoms with van der Waals surface area (Å²) in [5.41, 5.74) is 2.99. The van der Waals surface area contributed by atoms with Crippen LogP contribution in [0.3, 0.4) is 0 Å². The third kappa shape index (κ3) is 2.84. The summed E-state index contributed by atoms with van der Waals surface area (Å²) in [6.45, 7) is 4.98. The number of aryl methyl sites for hydroxylation is 1. The Morgan fingerprint density at radius 1 is 1.05 bits per heavy atom. The van der Waals surface area contributed by atoms with Crippen molar-refractivity contribution >= 4 is 16.7 Å². The highest BCUT2D eigenvalue weighted by molar-refractivity contribution is 5.83. The number of hydrogen-bond acceptors (Lipinski definition) is 4. The zero-order valence-electron chi connectivity index (χ0n) is 12.3. The van der Waals surface area contributed by atoms with Gasteiger partial charge >= 0.3 is 0 Å². The fraction of sp³-hybridized carbons (Fsp3) is 0.235. The summed E-state index contributed by atoms with van der Waals surface area (Å²) in [4.78, 5) is 13.5. The lowest BCUT2D eigenvalue weighted by atomic mass is 10.1. The summed E-state index contributed by atoms with van der Waals surface area (Å²) < 4.78 is 0.